The van der Waals surface area contributed by atoms with Gasteiger partial charge in [-0.2, -0.15) is 0 Å². The topological polar surface area (TPSA) is 66.4 Å². The first-order valence-electron chi connectivity index (χ1n) is 7.74. The summed E-state index contributed by atoms with van der Waals surface area (Å²) in [4.78, 5) is 24.2. The van der Waals surface area contributed by atoms with Crippen molar-refractivity contribution in [3.05, 3.63) is 71.0 Å². The number of halogens is 1. The molecule has 1 unspecified atom stereocenters. The molecule has 1 atom stereocenters. The second-order valence-electron chi connectivity index (χ2n) is 5.75. The molecule has 0 aliphatic heterocycles. The summed E-state index contributed by atoms with van der Waals surface area (Å²) in [5, 5.41) is 12.4. The SMILES string of the molecule is CCC(CNC(=O)c1ccc(F)c(C)c1)(C(=O)O)c1ccccc1. The highest BCUT2D eigenvalue weighted by Gasteiger charge is 2.39. The lowest BCUT2D eigenvalue weighted by Gasteiger charge is -2.29. The summed E-state index contributed by atoms with van der Waals surface area (Å²) >= 11 is 0. The molecule has 0 bridgehead atoms. The summed E-state index contributed by atoms with van der Waals surface area (Å²) in [5.41, 5.74) is 0.102. The fraction of sp³-hybridized carbons (Fsp3) is 0.263. The minimum atomic E-state index is -1.20. The number of carboxylic acids is 1. The van der Waals surface area contributed by atoms with Crippen LogP contribution in [-0.2, 0) is 10.2 Å². The van der Waals surface area contributed by atoms with Gasteiger partial charge in [0.05, 0.1) is 0 Å². The Bertz CT molecular complexity index is 746. The fourth-order valence-corrected chi connectivity index (χ4v) is 2.66. The van der Waals surface area contributed by atoms with Gasteiger partial charge in [0.1, 0.15) is 11.2 Å². The Kier molecular flexibility index (Phi) is 5.34. The van der Waals surface area contributed by atoms with E-state index in [2.05, 4.69) is 5.32 Å². The molecule has 0 aromatic heterocycles. The van der Waals surface area contributed by atoms with Gasteiger partial charge >= 0.3 is 5.97 Å². The van der Waals surface area contributed by atoms with Crippen molar-refractivity contribution >= 4 is 11.9 Å². The Labute approximate surface area is 140 Å². The first kappa shape index (κ1) is 17.7. The number of benzene rings is 2. The van der Waals surface area contributed by atoms with E-state index in [1.54, 1.807) is 38.1 Å². The molecule has 0 fully saturated rings. The number of aryl methyl sites for hydroxylation is 1. The zero-order valence-electron chi connectivity index (χ0n) is 13.7. The van der Waals surface area contributed by atoms with Crippen LogP contribution in [-0.4, -0.2) is 23.5 Å². The number of amides is 1. The molecule has 2 aromatic carbocycles. The standard InChI is InChI=1S/C19H20FNO3/c1-3-19(18(23)24,15-7-5-4-6-8-15)12-21-17(22)14-9-10-16(20)13(2)11-14/h4-11H,3,12H2,1-2H3,(H,21,22)(H,23,24). The molecule has 1 amide bonds. The van der Waals surface area contributed by atoms with Crippen LogP contribution in [0, 0.1) is 12.7 Å². The molecule has 0 aliphatic carbocycles. The molecule has 2 N–H and O–H groups in total. The Morgan fingerprint density at radius 2 is 1.83 bits per heavy atom. The first-order valence-corrected chi connectivity index (χ1v) is 7.74. The van der Waals surface area contributed by atoms with Crippen molar-refractivity contribution < 1.29 is 19.1 Å². The predicted octanol–water partition coefficient (Wildman–Crippen LogP) is 3.30. The van der Waals surface area contributed by atoms with E-state index in [-0.39, 0.29) is 12.4 Å². The van der Waals surface area contributed by atoms with Crippen molar-refractivity contribution in [2.75, 3.05) is 6.54 Å². The summed E-state index contributed by atoms with van der Waals surface area (Å²) in [6.45, 7) is 3.30. The summed E-state index contributed by atoms with van der Waals surface area (Å²) in [5.74, 6) is -1.80. The van der Waals surface area contributed by atoms with Gasteiger partial charge in [-0.1, -0.05) is 37.3 Å². The second-order valence-corrected chi connectivity index (χ2v) is 5.75. The van der Waals surface area contributed by atoms with Crippen molar-refractivity contribution in [3.63, 3.8) is 0 Å². The van der Waals surface area contributed by atoms with E-state index in [0.29, 0.717) is 23.1 Å². The highest BCUT2D eigenvalue weighted by Crippen LogP contribution is 2.28. The third-order valence-corrected chi connectivity index (χ3v) is 4.31. The number of hydrogen-bond donors (Lipinski definition) is 2. The number of nitrogens with one attached hydrogen (secondary N) is 1. The zero-order valence-corrected chi connectivity index (χ0v) is 13.7. The Morgan fingerprint density at radius 1 is 1.17 bits per heavy atom. The lowest BCUT2D eigenvalue weighted by molar-refractivity contribution is -0.143. The van der Waals surface area contributed by atoms with E-state index in [1.165, 1.54) is 18.2 Å². The fourth-order valence-electron chi connectivity index (χ4n) is 2.66. The lowest BCUT2D eigenvalue weighted by atomic mass is 9.78. The van der Waals surface area contributed by atoms with E-state index < -0.39 is 17.3 Å². The number of aliphatic carboxylic acids is 1. The number of hydrogen-bond acceptors (Lipinski definition) is 2. The summed E-state index contributed by atoms with van der Waals surface area (Å²) in [6, 6.07) is 12.9. The van der Waals surface area contributed by atoms with Crippen LogP contribution >= 0.6 is 0 Å². The molecule has 126 valence electrons. The summed E-state index contributed by atoms with van der Waals surface area (Å²) < 4.78 is 13.3. The maximum Gasteiger partial charge on any atom is 0.315 e. The molecule has 4 nitrogen and oxygen atoms in total. The minimum Gasteiger partial charge on any atom is -0.481 e. The first-order chi connectivity index (χ1) is 11.4. The molecule has 0 radical (unpaired) electrons. The molecular formula is C19H20FNO3. The van der Waals surface area contributed by atoms with Gasteiger partial charge in [-0.3, -0.25) is 9.59 Å². The Hall–Kier alpha value is -2.69. The van der Waals surface area contributed by atoms with Crippen LogP contribution in [0.5, 0.6) is 0 Å². The van der Waals surface area contributed by atoms with Crippen LogP contribution in [0.1, 0.15) is 34.8 Å². The highest BCUT2D eigenvalue weighted by atomic mass is 19.1. The average Bonchev–Trinajstić information content (AvgIpc) is 2.58. The third kappa shape index (κ3) is 3.45. The van der Waals surface area contributed by atoms with Gasteiger partial charge in [-0.25, -0.2) is 4.39 Å². The van der Waals surface area contributed by atoms with Crippen LogP contribution < -0.4 is 5.32 Å². The summed E-state index contributed by atoms with van der Waals surface area (Å²) in [7, 11) is 0. The van der Waals surface area contributed by atoms with E-state index >= 15 is 0 Å². The van der Waals surface area contributed by atoms with Crippen molar-refractivity contribution in [3.8, 4) is 0 Å². The largest absolute Gasteiger partial charge is 0.481 e. The van der Waals surface area contributed by atoms with Gasteiger partial charge in [0.2, 0.25) is 0 Å². The van der Waals surface area contributed by atoms with Crippen molar-refractivity contribution in [1.82, 2.24) is 5.32 Å². The molecule has 2 aromatic rings. The van der Waals surface area contributed by atoms with Gasteiger partial charge < -0.3 is 10.4 Å². The maximum absolute atomic E-state index is 13.3. The second kappa shape index (κ2) is 7.25. The molecule has 0 saturated carbocycles. The Morgan fingerprint density at radius 3 is 2.38 bits per heavy atom. The molecule has 0 aliphatic rings. The minimum absolute atomic E-state index is 0.0435. The van der Waals surface area contributed by atoms with Gasteiger partial charge in [0, 0.05) is 12.1 Å². The molecule has 0 heterocycles. The van der Waals surface area contributed by atoms with E-state index in [4.69, 9.17) is 0 Å². The van der Waals surface area contributed by atoms with Crippen molar-refractivity contribution in [1.29, 1.82) is 0 Å². The van der Waals surface area contributed by atoms with Gasteiger partial charge in [-0.05, 0) is 42.7 Å². The van der Waals surface area contributed by atoms with Crippen molar-refractivity contribution in [2.24, 2.45) is 0 Å². The van der Waals surface area contributed by atoms with E-state index in [0.717, 1.165) is 0 Å². The number of carbonyl (C=O) groups excluding carboxylic acids is 1. The molecular weight excluding hydrogens is 309 g/mol. The van der Waals surface area contributed by atoms with Gasteiger partial charge in [0.15, 0.2) is 0 Å². The molecule has 0 spiro atoms. The third-order valence-electron chi connectivity index (χ3n) is 4.31. The maximum atomic E-state index is 13.3. The van der Waals surface area contributed by atoms with Crippen LogP contribution in [0.2, 0.25) is 0 Å². The van der Waals surface area contributed by atoms with Crippen LogP contribution in [0.15, 0.2) is 48.5 Å². The molecule has 2 rings (SSSR count). The number of rotatable bonds is 6. The van der Waals surface area contributed by atoms with Crippen LogP contribution in [0.25, 0.3) is 0 Å². The van der Waals surface area contributed by atoms with Gasteiger partial charge in [-0.15, -0.1) is 0 Å². The quantitative estimate of drug-likeness (QED) is 0.854. The highest BCUT2D eigenvalue weighted by molar-refractivity contribution is 5.95. The number of carbonyl (C=O) groups is 2. The Balaban J connectivity index is 2.23. The van der Waals surface area contributed by atoms with Crippen molar-refractivity contribution in [2.45, 2.75) is 25.7 Å². The number of carboxylic acid groups (broad SMARTS) is 1. The van der Waals surface area contributed by atoms with E-state index in [1.807, 2.05) is 6.07 Å². The zero-order chi connectivity index (χ0) is 17.7. The monoisotopic (exact) mass is 329 g/mol. The smallest absolute Gasteiger partial charge is 0.315 e. The predicted molar refractivity (Wildman–Crippen MR) is 89.5 cm³/mol. The molecule has 24 heavy (non-hydrogen) atoms. The lowest BCUT2D eigenvalue weighted by Crippen LogP contribution is -2.46. The van der Waals surface area contributed by atoms with Crippen LogP contribution in [0.4, 0.5) is 4.39 Å². The average molecular weight is 329 g/mol. The van der Waals surface area contributed by atoms with Gasteiger partial charge in [0.25, 0.3) is 5.91 Å². The molecule has 5 heteroatoms. The summed E-state index contributed by atoms with van der Waals surface area (Å²) in [6.07, 6.45) is 0.328. The molecule has 0 saturated heterocycles. The normalized spacial score (nSPS) is 13.1. The van der Waals surface area contributed by atoms with Crippen LogP contribution in [0.3, 0.4) is 0 Å². The van der Waals surface area contributed by atoms with E-state index in [9.17, 15) is 19.1 Å².